The van der Waals surface area contributed by atoms with Gasteiger partial charge in [0.05, 0.1) is 18.7 Å². The molecule has 1 amide bonds. The normalized spacial score (nSPS) is 11.8. The van der Waals surface area contributed by atoms with E-state index in [2.05, 4.69) is 10.1 Å². The number of nitrogens with one attached hydrogen (secondary N) is 1. The Morgan fingerprint density at radius 2 is 2.17 bits per heavy atom. The van der Waals surface area contributed by atoms with E-state index in [1.54, 1.807) is 6.92 Å². The number of esters is 1. The zero-order valence-corrected chi connectivity index (χ0v) is 10.2. The molecule has 1 aromatic carbocycles. The maximum Gasteiger partial charge on any atom is 0.340 e. The van der Waals surface area contributed by atoms with Crippen LogP contribution < -0.4 is 11.1 Å². The Kier molecular flexibility index (Phi) is 4.79. The van der Waals surface area contributed by atoms with Gasteiger partial charge in [0.1, 0.15) is 5.82 Å². The molecular formula is C12H15FN2O3. The van der Waals surface area contributed by atoms with Crippen LogP contribution in [0.1, 0.15) is 23.7 Å². The minimum Gasteiger partial charge on any atom is -0.465 e. The van der Waals surface area contributed by atoms with E-state index in [0.29, 0.717) is 12.1 Å². The smallest absolute Gasteiger partial charge is 0.340 e. The summed E-state index contributed by atoms with van der Waals surface area (Å²) in [6, 6.07) is 3.00. The number of rotatable bonds is 4. The number of ether oxygens (including phenoxy) is 1. The first-order chi connectivity index (χ1) is 8.49. The van der Waals surface area contributed by atoms with Crippen molar-refractivity contribution >= 4 is 17.6 Å². The van der Waals surface area contributed by atoms with Gasteiger partial charge in [0.2, 0.25) is 5.91 Å². The quantitative estimate of drug-likeness (QED) is 0.793. The van der Waals surface area contributed by atoms with Gasteiger partial charge < -0.3 is 15.8 Å². The predicted octanol–water partition coefficient (Wildman–Crippen LogP) is 1.29. The molecule has 1 atom stereocenters. The molecule has 0 aliphatic carbocycles. The average Bonchev–Trinajstić information content (AvgIpc) is 2.38. The number of nitrogens with two attached hydrogens (primary N) is 1. The number of halogens is 1. The number of carbonyl (C=O) groups is 2. The van der Waals surface area contributed by atoms with Gasteiger partial charge in [-0.05, 0) is 24.6 Å². The van der Waals surface area contributed by atoms with E-state index in [-0.39, 0.29) is 11.5 Å². The van der Waals surface area contributed by atoms with Crippen molar-refractivity contribution in [3.63, 3.8) is 0 Å². The molecule has 0 heterocycles. The molecule has 0 aliphatic heterocycles. The van der Waals surface area contributed by atoms with Crippen molar-refractivity contribution in [1.29, 1.82) is 0 Å². The summed E-state index contributed by atoms with van der Waals surface area (Å²) in [6.45, 7) is 1.77. The highest BCUT2D eigenvalue weighted by Crippen LogP contribution is 2.16. The van der Waals surface area contributed by atoms with Crippen molar-refractivity contribution < 1.29 is 18.7 Å². The molecule has 0 radical (unpaired) electrons. The van der Waals surface area contributed by atoms with Gasteiger partial charge in [-0.15, -0.1) is 0 Å². The van der Waals surface area contributed by atoms with Crippen LogP contribution in [-0.2, 0) is 9.53 Å². The molecule has 0 fully saturated rings. The fraction of sp³-hybridized carbons (Fsp3) is 0.333. The molecule has 0 unspecified atom stereocenters. The predicted molar refractivity (Wildman–Crippen MR) is 64.6 cm³/mol. The minimum atomic E-state index is -0.802. The Bertz CT molecular complexity index is 463. The Morgan fingerprint density at radius 3 is 2.72 bits per heavy atom. The largest absolute Gasteiger partial charge is 0.465 e. The van der Waals surface area contributed by atoms with Crippen LogP contribution in [0.3, 0.4) is 0 Å². The first kappa shape index (κ1) is 14.1. The van der Waals surface area contributed by atoms with Crippen LogP contribution in [0.15, 0.2) is 18.2 Å². The molecule has 6 heteroatoms. The highest BCUT2D eigenvalue weighted by Gasteiger charge is 2.15. The van der Waals surface area contributed by atoms with Crippen molar-refractivity contribution in [1.82, 2.24) is 0 Å². The van der Waals surface area contributed by atoms with E-state index >= 15 is 0 Å². The summed E-state index contributed by atoms with van der Waals surface area (Å²) in [5.74, 6) is -1.90. The monoisotopic (exact) mass is 254 g/mol. The second-order valence-corrected chi connectivity index (χ2v) is 3.69. The average molecular weight is 254 g/mol. The summed E-state index contributed by atoms with van der Waals surface area (Å²) < 4.78 is 17.8. The van der Waals surface area contributed by atoms with Gasteiger partial charge >= 0.3 is 5.97 Å². The van der Waals surface area contributed by atoms with E-state index in [1.165, 1.54) is 12.1 Å². The van der Waals surface area contributed by atoms with Gasteiger partial charge in [0, 0.05) is 5.69 Å². The van der Waals surface area contributed by atoms with Gasteiger partial charge in [-0.3, -0.25) is 4.79 Å². The number of benzene rings is 1. The van der Waals surface area contributed by atoms with Gasteiger partial charge in [-0.1, -0.05) is 6.92 Å². The first-order valence-electron chi connectivity index (χ1n) is 5.44. The van der Waals surface area contributed by atoms with Crippen molar-refractivity contribution in [3.05, 3.63) is 29.6 Å². The van der Waals surface area contributed by atoms with Gasteiger partial charge in [0.15, 0.2) is 0 Å². The second kappa shape index (κ2) is 6.11. The molecule has 0 bridgehead atoms. The molecular weight excluding hydrogens is 239 g/mol. The maximum atomic E-state index is 13.3. The van der Waals surface area contributed by atoms with Crippen molar-refractivity contribution in [3.8, 4) is 0 Å². The summed E-state index contributed by atoms with van der Waals surface area (Å²) in [5.41, 5.74) is 5.60. The van der Waals surface area contributed by atoms with E-state index < -0.39 is 17.8 Å². The zero-order chi connectivity index (χ0) is 13.7. The molecule has 5 nitrogen and oxygen atoms in total. The summed E-state index contributed by atoms with van der Waals surface area (Å²) in [4.78, 5) is 22.8. The minimum absolute atomic E-state index is 0.236. The van der Waals surface area contributed by atoms with E-state index in [0.717, 1.165) is 13.2 Å². The second-order valence-electron chi connectivity index (χ2n) is 3.69. The molecule has 1 aromatic rings. The molecule has 18 heavy (non-hydrogen) atoms. The Labute approximate surface area is 104 Å². The third kappa shape index (κ3) is 3.27. The number of carbonyl (C=O) groups excluding carboxylic acids is 2. The van der Waals surface area contributed by atoms with Crippen molar-refractivity contribution in [2.75, 3.05) is 12.4 Å². The lowest BCUT2D eigenvalue weighted by molar-refractivity contribution is -0.117. The Hall–Kier alpha value is -1.95. The van der Waals surface area contributed by atoms with Crippen LogP contribution in [0.2, 0.25) is 0 Å². The highest BCUT2D eigenvalue weighted by molar-refractivity contribution is 5.96. The molecule has 0 saturated heterocycles. The van der Waals surface area contributed by atoms with Crippen molar-refractivity contribution in [2.45, 2.75) is 19.4 Å². The molecule has 0 aliphatic rings. The van der Waals surface area contributed by atoms with Gasteiger partial charge in [0.25, 0.3) is 0 Å². The SMILES string of the molecule is CC[C@@H](N)C(=O)Nc1ccc(F)c(C(=O)OC)c1. The number of hydrogen-bond donors (Lipinski definition) is 2. The van der Waals surface area contributed by atoms with E-state index in [1.807, 2.05) is 0 Å². The third-order valence-electron chi connectivity index (χ3n) is 2.42. The lowest BCUT2D eigenvalue weighted by Gasteiger charge is -2.11. The molecule has 3 N–H and O–H groups in total. The number of amides is 1. The Balaban J connectivity index is 2.92. The third-order valence-corrected chi connectivity index (χ3v) is 2.42. The van der Waals surface area contributed by atoms with Gasteiger partial charge in [-0.25, -0.2) is 9.18 Å². The Morgan fingerprint density at radius 1 is 1.50 bits per heavy atom. The standard InChI is InChI=1S/C12H15FN2O3/c1-3-10(14)11(16)15-7-4-5-9(13)8(6-7)12(17)18-2/h4-6,10H,3,14H2,1-2H3,(H,15,16)/t10-/m1/s1. The summed E-state index contributed by atoms with van der Waals surface area (Å²) in [6.07, 6.45) is 0.483. The molecule has 0 spiro atoms. The molecule has 0 aromatic heterocycles. The van der Waals surface area contributed by atoms with Crippen LogP contribution in [0.25, 0.3) is 0 Å². The van der Waals surface area contributed by atoms with Crippen LogP contribution in [-0.4, -0.2) is 25.0 Å². The first-order valence-corrected chi connectivity index (χ1v) is 5.44. The fourth-order valence-electron chi connectivity index (χ4n) is 1.29. The van der Waals surface area contributed by atoms with Crippen molar-refractivity contribution in [2.24, 2.45) is 5.73 Å². The number of methoxy groups -OCH3 is 1. The van der Waals surface area contributed by atoms with Gasteiger partial charge in [-0.2, -0.15) is 0 Å². The number of anilines is 1. The lowest BCUT2D eigenvalue weighted by atomic mass is 10.1. The van der Waals surface area contributed by atoms with E-state index in [9.17, 15) is 14.0 Å². The lowest BCUT2D eigenvalue weighted by Crippen LogP contribution is -2.34. The number of hydrogen-bond acceptors (Lipinski definition) is 4. The summed E-state index contributed by atoms with van der Waals surface area (Å²) in [5, 5.41) is 2.50. The fourth-order valence-corrected chi connectivity index (χ4v) is 1.29. The molecule has 1 rings (SSSR count). The highest BCUT2D eigenvalue weighted by atomic mass is 19.1. The topological polar surface area (TPSA) is 81.4 Å². The summed E-state index contributed by atoms with van der Waals surface area (Å²) >= 11 is 0. The molecule has 98 valence electrons. The van der Waals surface area contributed by atoms with Crippen LogP contribution in [0, 0.1) is 5.82 Å². The zero-order valence-electron chi connectivity index (χ0n) is 10.2. The molecule has 0 saturated carbocycles. The maximum absolute atomic E-state index is 13.3. The van der Waals surface area contributed by atoms with Crippen LogP contribution in [0.4, 0.5) is 10.1 Å². The summed E-state index contributed by atoms with van der Waals surface area (Å²) in [7, 11) is 1.15. The van der Waals surface area contributed by atoms with Crippen LogP contribution in [0.5, 0.6) is 0 Å². The van der Waals surface area contributed by atoms with E-state index in [4.69, 9.17) is 5.73 Å². The van der Waals surface area contributed by atoms with Crippen LogP contribution >= 0.6 is 0 Å².